The van der Waals surface area contributed by atoms with Gasteiger partial charge in [0.05, 0.1) is 10.9 Å². The molecule has 1 heterocycles. The number of hydrogen-bond donors (Lipinski definition) is 3. The SMILES string of the molecule is CCC(c1cccc(NC(=O)CN(C(=O)O)C(C)(C)C)c1)c1c(O)c2ccccc2oc1=O. The van der Waals surface area contributed by atoms with Crippen molar-refractivity contribution in [1.29, 1.82) is 0 Å². The number of nitrogens with zero attached hydrogens (tertiary/aromatic N) is 1. The van der Waals surface area contributed by atoms with E-state index >= 15 is 0 Å². The Morgan fingerprint density at radius 2 is 1.82 bits per heavy atom. The first-order valence-corrected chi connectivity index (χ1v) is 10.7. The highest BCUT2D eigenvalue weighted by Crippen LogP contribution is 2.36. The number of aromatic hydroxyl groups is 1. The molecule has 0 aliphatic rings. The van der Waals surface area contributed by atoms with Gasteiger partial charge in [0.25, 0.3) is 0 Å². The summed E-state index contributed by atoms with van der Waals surface area (Å²) >= 11 is 0. The Morgan fingerprint density at radius 1 is 1.12 bits per heavy atom. The van der Waals surface area contributed by atoms with Gasteiger partial charge in [-0.2, -0.15) is 0 Å². The quantitative estimate of drug-likeness (QED) is 0.464. The predicted molar refractivity (Wildman–Crippen MR) is 126 cm³/mol. The molecule has 3 rings (SSSR count). The number of nitrogens with one attached hydrogen (secondary N) is 1. The zero-order valence-electron chi connectivity index (χ0n) is 19.1. The van der Waals surface area contributed by atoms with Crippen LogP contribution in [-0.2, 0) is 4.79 Å². The van der Waals surface area contributed by atoms with E-state index in [1.165, 1.54) is 0 Å². The summed E-state index contributed by atoms with van der Waals surface area (Å²) in [5.41, 5.74) is 0.277. The van der Waals surface area contributed by atoms with Gasteiger partial charge in [0, 0.05) is 17.1 Å². The molecule has 0 bridgehead atoms. The number of carbonyl (C=O) groups excluding carboxylic acids is 1. The number of benzene rings is 2. The maximum atomic E-state index is 12.7. The van der Waals surface area contributed by atoms with Crippen molar-refractivity contribution in [1.82, 2.24) is 4.90 Å². The van der Waals surface area contributed by atoms with Gasteiger partial charge in [0.15, 0.2) is 0 Å². The molecule has 2 aromatic carbocycles. The fraction of sp³-hybridized carbons (Fsp3) is 0.320. The fourth-order valence-corrected chi connectivity index (χ4v) is 3.83. The third kappa shape index (κ3) is 5.16. The van der Waals surface area contributed by atoms with Gasteiger partial charge in [-0.25, -0.2) is 9.59 Å². The van der Waals surface area contributed by atoms with Crippen LogP contribution >= 0.6 is 0 Å². The highest BCUT2D eigenvalue weighted by atomic mass is 16.4. The molecule has 174 valence electrons. The molecule has 8 heteroatoms. The second kappa shape index (κ2) is 9.36. The monoisotopic (exact) mass is 452 g/mol. The van der Waals surface area contributed by atoms with Crippen molar-refractivity contribution < 1.29 is 24.2 Å². The van der Waals surface area contributed by atoms with E-state index in [1.807, 2.05) is 6.92 Å². The van der Waals surface area contributed by atoms with E-state index in [2.05, 4.69) is 5.32 Å². The number of para-hydroxylation sites is 1. The minimum atomic E-state index is -1.18. The molecule has 3 aromatic rings. The maximum absolute atomic E-state index is 12.7. The zero-order valence-corrected chi connectivity index (χ0v) is 19.1. The molecule has 0 spiro atoms. The van der Waals surface area contributed by atoms with Gasteiger partial charge >= 0.3 is 11.7 Å². The summed E-state index contributed by atoms with van der Waals surface area (Å²) < 4.78 is 5.42. The van der Waals surface area contributed by atoms with Crippen molar-refractivity contribution in [3.05, 3.63) is 70.1 Å². The molecule has 1 atom stereocenters. The van der Waals surface area contributed by atoms with Crippen LogP contribution in [0.4, 0.5) is 10.5 Å². The summed E-state index contributed by atoms with van der Waals surface area (Å²) in [7, 11) is 0. The molecule has 0 fully saturated rings. The van der Waals surface area contributed by atoms with E-state index in [0.29, 0.717) is 28.6 Å². The number of rotatable bonds is 6. The largest absolute Gasteiger partial charge is 0.507 e. The van der Waals surface area contributed by atoms with E-state index in [0.717, 1.165) is 4.90 Å². The van der Waals surface area contributed by atoms with Crippen LogP contribution in [0.1, 0.15) is 51.2 Å². The number of fused-ring (bicyclic) bond motifs is 1. The molecule has 0 saturated heterocycles. The number of carbonyl (C=O) groups is 2. The molecule has 8 nitrogen and oxygen atoms in total. The molecule has 33 heavy (non-hydrogen) atoms. The number of hydrogen-bond acceptors (Lipinski definition) is 5. The lowest BCUT2D eigenvalue weighted by atomic mass is 9.88. The second-order valence-electron chi connectivity index (χ2n) is 8.82. The summed E-state index contributed by atoms with van der Waals surface area (Å²) in [6.45, 7) is 6.70. The molecular weight excluding hydrogens is 424 g/mol. The lowest BCUT2D eigenvalue weighted by Crippen LogP contribution is -2.48. The molecule has 0 aliphatic carbocycles. The number of anilines is 1. The number of amides is 2. The van der Waals surface area contributed by atoms with Crippen LogP contribution in [0.2, 0.25) is 0 Å². The average molecular weight is 453 g/mol. The van der Waals surface area contributed by atoms with Gasteiger partial charge < -0.3 is 19.9 Å². The Balaban J connectivity index is 1.91. The molecule has 3 N–H and O–H groups in total. The van der Waals surface area contributed by atoms with Gasteiger partial charge in [-0.3, -0.25) is 9.69 Å². The smallest absolute Gasteiger partial charge is 0.408 e. The molecule has 0 saturated carbocycles. The van der Waals surface area contributed by atoms with E-state index in [-0.39, 0.29) is 17.9 Å². The zero-order chi connectivity index (χ0) is 24.3. The Kier molecular flexibility index (Phi) is 6.76. The van der Waals surface area contributed by atoms with Crippen molar-refractivity contribution >= 4 is 28.7 Å². The third-order valence-electron chi connectivity index (χ3n) is 5.49. The summed E-state index contributed by atoms with van der Waals surface area (Å²) in [4.78, 5) is 37.8. The molecule has 1 unspecified atom stereocenters. The summed E-state index contributed by atoms with van der Waals surface area (Å²) in [6.07, 6.45) is -0.679. The minimum absolute atomic E-state index is 0.120. The average Bonchev–Trinajstić information content (AvgIpc) is 2.74. The first-order chi connectivity index (χ1) is 15.5. The van der Waals surface area contributed by atoms with E-state index < -0.39 is 29.1 Å². The van der Waals surface area contributed by atoms with E-state index in [4.69, 9.17) is 4.42 Å². The van der Waals surface area contributed by atoms with Crippen molar-refractivity contribution in [3.8, 4) is 5.75 Å². The van der Waals surface area contributed by atoms with Gasteiger partial charge in [0.2, 0.25) is 5.91 Å². The van der Waals surface area contributed by atoms with Gasteiger partial charge in [-0.15, -0.1) is 0 Å². The van der Waals surface area contributed by atoms with Crippen molar-refractivity contribution in [2.24, 2.45) is 0 Å². The Bertz CT molecular complexity index is 1240. The Morgan fingerprint density at radius 3 is 2.45 bits per heavy atom. The topological polar surface area (TPSA) is 120 Å². The highest BCUT2D eigenvalue weighted by Gasteiger charge is 2.28. The molecule has 0 aliphatic heterocycles. The number of carboxylic acid groups (broad SMARTS) is 1. The van der Waals surface area contributed by atoms with Crippen LogP contribution in [-0.4, -0.2) is 39.2 Å². The van der Waals surface area contributed by atoms with Gasteiger partial charge in [-0.1, -0.05) is 31.2 Å². The lowest BCUT2D eigenvalue weighted by Gasteiger charge is -2.32. The lowest BCUT2D eigenvalue weighted by molar-refractivity contribution is -0.118. The van der Waals surface area contributed by atoms with Crippen LogP contribution in [0.25, 0.3) is 11.0 Å². The summed E-state index contributed by atoms with van der Waals surface area (Å²) in [5.74, 6) is -1.07. The molecule has 0 radical (unpaired) electrons. The Hall–Kier alpha value is -3.81. The first kappa shape index (κ1) is 23.8. The molecule has 2 amide bonds. The first-order valence-electron chi connectivity index (χ1n) is 10.7. The highest BCUT2D eigenvalue weighted by molar-refractivity contribution is 5.94. The van der Waals surface area contributed by atoms with Gasteiger partial charge in [-0.05, 0) is 57.0 Å². The normalized spacial score (nSPS) is 12.4. The standard InChI is InChI=1S/C25H28N2O6/c1-5-17(21-22(29)18-11-6-7-12-19(18)33-23(21)30)15-9-8-10-16(13-15)26-20(28)14-27(24(31)32)25(2,3)4/h6-13,17,29H,5,14H2,1-4H3,(H,26,28)(H,31,32). The van der Waals surface area contributed by atoms with Crippen LogP contribution < -0.4 is 10.9 Å². The van der Waals surface area contributed by atoms with Crippen molar-refractivity contribution in [2.75, 3.05) is 11.9 Å². The Labute approximate surface area is 191 Å². The van der Waals surface area contributed by atoms with Crippen LogP contribution in [0, 0.1) is 0 Å². The fourth-order valence-electron chi connectivity index (χ4n) is 3.83. The van der Waals surface area contributed by atoms with Crippen LogP contribution in [0.15, 0.2) is 57.7 Å². The maximum Gasteiger partial charge on any atom is 0.408 e. The van der Waals surface area contributed by atoms with E-state index in [1.54, 1.807) is 69.3 Å². The molecule has 1 aromatic heterocycles. The molecular formula is C25H28N2O6. The second-order valence-corrected chi connectivity index (χ2v) is 8.82. The van der Waals surface area contributed by atoms with Crippen molar-refractivity contribution in [3.63, 3.8) is 0 Å². The predicted octanol–water partition coefficient (Wildman–Crippen LogP) is 4.76. The summed E-state index contributed by atoms with van der Waals surface area (Å²) in [6, 6.07) is 13.7. The summed E-state index contributed by atoms with van der Waals surface area (Å²) in [5, 5.41) is 23.4. The van der Waals surface area contributed by atoms with Crippen molar-refractivity contribution in [2.45, 2.75) is 45.6 Å². The van der Waals surface area contributed by atoms with Crippen LogP contribution in [0.3, 0.4) is 0 Å². The van der Waals surface area contributed by atoms with Gasteiger partial charge in [0.1, 0.15) is 17.9 Å². The van der Waals surface area contributed by atoms with Crippen LogP contribution in [0.5, 0.6) is 5.75 Å². The van der Waals surface area contributed by atoms with E-state index in [9.17, 15) is 24.6 Å². The third-order valence-corrected chi connectivity index (χ3v) is 5.49. The minimum Gasteiger partial charge on any atom is -0.507 e.